The Morgan fingerprint density at radius 3 is 2.26 bits per heavy atom. The minimum atomic E-state index is -0.380. The van der Waals surface area contributed by atoms with E-state index in [-0.39, 0.29) is 36.1 Å². The molecule has 3 aliphatic rings. The Bertz CT molecular complexity index is 876. The number of unbranched alkanes of at least 4 members (excludes halogenated alkanes) is 1. The fraction of sp³-hybridized carbons (Fsp3) is 0.667. The first-order valence-corrected chi connectivity index (χ1v) is 13.2. The van der Waals surface area contributed by atoms with Gasteiger partial charge in [-0.1, -0.05) is 25.5 Å². The van der Waals surface area contributed by atoms with Gasteiger partial charge in [0.25, 0.3) is 0 Å². The second kappa shape index (κ2) is 11.9. The number of hydrogen-bond acceptors (Lipinski definition) is 5. The fourth-order valence-electron chi connectivity index (χ4n) is 5.61. The van der Waals surface area contributed by atoms with Gasteiger partial charge in [0.05, 0.1) is 25.6 Å². The van der Waals surface area contributed by atoms with Crippen LogP contribution in [0.3, 0.4) is 0 Å². The van der Waals surface area contributed by atoms with Gasteiger partial charge in [-0.3, -0.25) is 19.3 Å². The van der Waals surface area contributed by atoms with Gasteiger partial charge in [-0.05, 0) is 43.4 Å². The summed E-state index contributed by atoms with van der Waals surface area (Å²) in [6.45, 7) is 7.54. The molecule has 2 unspecified atom stereocenters. The molecule has 8 heteroatoms. The van der Waals surface area contributed by atoms with Crippen molar-refractivity contribution in [2.45, 2.75) is 51.5 Å². The van der Waals surface area contributed by atoms with E-state index < -0.39 is 0 Å². The molecule has 4 rings (SSSR count). The summed E-state index contributed by atoms with van der Waals surface area (Å²) in [7, 11) is 1.63. The third-order valence-corrected chi connectivity index (χ3v) is 7.71. The van der Waals surface area contributed by atoms with Gasteiger partial charge in [0.15, 0.2) is 0 Å². The van der Waals surface area contributed by atoms with Crippen molar-refractivity contribution in [3.63, 3.8) is 0 Å². The number of hydrogen-bond donors (Lipinski definition) is 0. The van der Waals surface area contributed by atoms with Gasteiger partial charge < -0.3 is 19.4 Å². The summed E-state index contributed by atoms with van der Waals surface area (Å²) in [5, 5.41) is 0. The maximum Gasteiger partial charge on any atom is 0.236 e. The first-order valence-electron chi connectivity index (χ1n) is 13.2. The van der Waals surface area contributed by atoms with Crippen LogP contribution >= 0.6 is 0 Å². The zero-order valence-electron chi connectivity index (χ0n) is 21.3. The van der Waals surface area contributed by atoms with Gasteiger partial charge in [-0.2, -0.15) is 0 Å². The highest BCUT2D eigenvalue weighted by Gasteiger charge is 2.45. The van der Waals surface area contributed by atoms with Crippen LogP contribution in [-0.4, -0.2) is 96.8 Å². The van der Waals surface area contributed by atoms with E-state index in [9.17, 15) is 14.4 Å². The van der Waals surface area contributed by atoms with Crippen LogP contribution in [-0.2, 0) is 14.4 Å². The van der Waals surface area contributed by atoms with Crippen molar-refractivity contribution in [2.75, 3.05) is 59.5 Å². The molecule has 3 saturated heterocycles. The molecular formula is C27H40N4O4. The molecule has 0 saturated carbocycles. The van der Waals surface area contributed by atoms with E-state index >= 15 is 0 Å². The van der Waals surface area contributed by atoms with Crippen molar-refractivity contribution < 1.29 is 19.1 Å². The molecule has 3 amide bonds. The number of carbonyl (C=O) groups excluding carboxylic acids is 3. The molecular weight excluding hydrogens is 444 g/mol. The van der Waals surface area contributed by atoms with Crippen LogP contribution in [0.15, 0.2) is 24.3 Å². The Labute approximate surface area is 209 Å². The molecule has 0 aliphatic carbocycles. The van der Waals surface area contributed by atoms with Gasteiger partial charge in [0, 0.05) is 52.2 Å². The second-order valence-corrected chi connectivity index (χ2v) is 10.0. The van der Waals surface area contributed by atoms with Crippen LogP contribution in [0.25, 0.3) is 0 Å². The maximum absolute atomic E-state index is 13.7. The van der Waals surface area contributed by atoms with Gasteiger partial charge in [-0.15, -0.1) is 0 Å². The third kappa shape index (κ3) is 5.97. The summed E-state index contributed by atoms with van der Waals surface area (Å²) < 4.78 is 5.30. The number of likely N-dealkylation sites (tertiary alicyclic amines) is 2. The predicted octanol–water partition coefficient (Wildman–Crippen LogP) is 2.54. The fourth-order valence-corrected chi connectivity index (χ4v) is 5.61. The third-order valence-electron chi connectivity index (χ3n) is 7.71. The van der Waals surface area contributed by atoms with Crippen LogP contribution in [0.2, 0.25) is 0 Å². The van der Waals surface area contributed by atoms with Gasteiger partial charge >= 0.3 is 0 Å². The van der Waals surface area contributed by atoms with Gasteiger partial charge in [-0.25, -0.2) is 0 Å². The molecule has 3 fully saturated rings. The minimum absolute atomic E-state index is 0.0557. The molecule has 8 nitrogen and oxygen atoms in total. The molecule has 2 atom stereocenters. The molecule has 0 aromatic heterocycles. The predicted molar refractivity (Wildman–Crippen MR) is 134 cm³/mol. The van der Waals surface area contributed by atoms with Crippen molar-refractivity contribution in [3.05, 3.63) is 29.8 Å². The van der Waals surface area contributed by atoms with E-state index in [1.54, 1.807) is 7.11 Å². The first-order chi connectivity index (χ1) is 17.0. The lowest BCUT2D eigenvalue weighted by atomic mass is 9.92. The highest BCUT2D eigenvalue weighted by atomic mass is 16.5. The Hall–Kier alpha value is -2.61. The largest absolute Gasteiger partial charge is 0.497 e. The standard InChI is InChI=1S/C27H40N4O4/c1-3-4-14-31-24(32)19-23(26(31)21-8-10-22(35-2)11-9-21)27(34)30-17-15-28(16-18-30)20-25(33)29-12-6-5-7-13-29/h8-11,23,26H,3-7,12-20H2,1-2H3. The number of benzene rings is 1. The van der Waals surface area contributed by atoms with E-state index in [2.05, 4.69) is 11.8 Å². The molecule has 0 spiro atoms. The topological polar surface area (TPSA) is 73.4 Å². The van der Waals surface area contributed by atoms with Gasteiger partial charge in [0.2, 0.25) is 17.7 Å². The Balaban J connectivity index is 1.40. The number of rotatable bonds is 8. The summed E-state index contributed by atoms with van der Waals surface area (Å²) in [5.41, 5.74) is 0.983. The summed E-state index contributed by atoms with van der Waals surface area (Å²) in [6, 6.07) is 7.51. The van der Waals surface area contributed by atoms with Crippen molar-refractivity contribution in [2.24, 2.45) is 5.92 Å². The summed E-state index contributed by atoms with van der Waals surface area (Å²) in [4.78, 5) is 47.3. The van der Waals surface area contributed by atoms with Crippen molar-refractivity contribution in [3.8, 4) is 5.75 Å². The Kier molecular flexibility index (Phi) is 8.65. The highest BCUT2D eigenvalue weighted by Crippen LogP contribution is 2.40. The number of piperidine rings is 1. The lowest BCUT2D eigenvalue weighted by Gasteiger charge is -2.38. The van der Waals surface area contributed by atoms with Crippen LogP contribution in [0, 0.1) is 5.92 Å². The summed E-state index contributed by atoms with van der Waals surface area (Å²) in [6.07, 6.45) is 5.57. The van der Waals surface area contributed by atoms with Crippen molar-refractivity contribution in [1.82, 2.24) is 19.6 Å². The van der Waals surface area contributed by atoms with Crippen LogP contribution in [0.4, 0.5) is 0 Å². The molecule has 3 heterocycles. The number of methoxy groups -OCH3 is 1. The number of nitrogens with zero attached hydrogens (tertiary/aromatic N) is 4. The Morgan fingerprint density at radius 2 is 1.63 bits per heavy atom. The van der Waals surface area contributed by atoms with Crippen LogP contribution in [0.5, 0.6) is 5.75 Å². The quantitative estimate of drug-likeness (QED) is 0.567. The van der Waals surface area contributed by atoms with E-state index in [0.29, 0.717) is 39.3 Å². The first kappa shape index (κ1) is 25.5. The minimum Gasteiger partial charge on any atom is -0.497 e. The zero-order valence-corrected chi connectivity index (χ0v) is 21.3. The number of piperazine rings is 1. The molecule has 192 valence electrons. The highest BCUT2D eigenvalue weighted by molar-refractivity contribution is 5.90. The Morgan fingerprint density at radius 1 is 0.943 bits per heavy atom. The lowest BCUT2D eigenvalue weighted by Crippen LogP contribution is -2.53. The van der Waals surface area contributed by atoms with Gasteiger partial charge in [0.1, 0.15) is 5.75 Å². The van der Waals surface area contributed by atoms with E-state index in [0.717, 1.165) is 50.1 Å². The molecule has 3 aliphatic heterocycles. The average molecular weight is 485 g/mol. The smallest absolute Gasteiger partial charge is 0.236 e. The molecule has 0 N–H and O–H groups in total. The normalized spacial score (nSPS) is 23.6. The molecule has 1 aromatic rings. The monoisotopic (exact) mass is 484 g/mol. The zero-order chi connectivity index (χ0) is 24.8. The van der Waals surface area contributed by atoms with Crippen LogP contribution in [0.1, 0.15) is 57.1 Å². The van der Waals surface area contributed by atoms with Crippen molar-refractivity contribution in [1.29, 1.82) is 0 Å². The van der Waals surface area contributed by atoms with E-state index in [4.69, 9.17) is 4.74 Å². The SMILES string of the molecule is CCCCN1C(=O)CC(C(=O)N2CCN(CC(=O)N3CCCCC3)CC2)C1c1ccc(OC)cc1. The molecule has 0 bridgehead atoms. The maximum atomic E-state index is 13.7. The summed E-state index contributed by atoms with van der Waals surface area (Å²) in [5.74, 6) is 0.700. The summed E-state index contributed by atoms with van der Waals surface area (Å²) >= 11 is 0. The second-order valence-electron chi connectivity index (χ2n) is 10.0. The van der Waals surface area contributed by atoms with E-state index in [1.165, 1.54) is 6.42 Å². The number of carbonyl (C=O) groups is 3. The molecule has 35 heavy (non-hydrogen) atoms. The average Bonchev–Trinajstić information content (AvgIpc) is 3.23. The van der Waals surface area contributed by atoms with E-state index in [1.807, 2.05) is 39.0 Å². The van der Waals surface area contributed by atoms with Crippen molar-refractivity contribution >= 4 is 17.7 Å². The number of amides is 3. The number of ether oxygens (including phenoxy) is 1. The van der Waals surface area contributed by atoms with Crippen LogP contribution < -0.4 is 4.74 Å². The molecule has 1 aromatic carbocycles. The lowest BCUT2D eigenvalue weighted by molar-refractivity contribution is -0.139. The molecule has 0 radical (unpaired) electrons.